The van der Waals surface area contributed by atoms with E-state index in [0.29, 0.717) is 19.3 Å². The highest BCUT2D eigenvalue weighted by molar-refractivity contribution is 5.80. The number of hydrogen-bond donors (Lipinski definition) is 1. The highest BCUT2D eigenvalue weighted by Crippen LogP contribution is 2.44. The number of nitrogens with two attached hydrogens (primary N) is 1. The predicted octanol–water partition coefficient (Wildman–Crippen LogP) is 2.06. The zero-order valence-corrected chi connectivity index (χ0v) is 10.3. The van der Waals surface area contributed by atoms with Crippen LogP contribution in [0.3, 0.4) is 0 Å². The molecule has 3 nitrogen and oxygen atoms in total. The van der Waals surface area contributed by atoms with Gasteiger partial charge in [-0.15, -0.1) is 0 Å². The largest absolute Gasteiger partial charge is 0.412 e. The first-order valence-corrected chi connectivity index (χ1v) is 6.51. The van der Waals surface area contributed by atoms with Gasteiger partial charge in [0.15, 0.2) is 5.54 Å². The molecule has 0 radical (unpaired) electrons. The zero-order valence-electron chi connectivity index (χ0n) is 10.3. The van der Waals surface area contributed by atoms with Gasteiger partial charge in [0.1, 0.15) is 0 Å². The van der Waals surface area contributed by atoms with E-state index in [1.165, 1.54) is 0 Å². The molecule has 6 heteroatoms. The van der Waals surface area contributed by atoms with Gasteiger partial charge >= 0.3 is 6.18 Å². The van der Waals surface area contributed by atoms with Crippen molar-refractivity contribution < 1.29 is 18.0 Å². The van der Waals surface area contributed by atoms with Crippen molar-refractivity contribution in [1.29, 1.82) is 0 Å². The Balaban J connectivity index is 2.22. The summed E-state index contributed by atoms with van der Waals surface area (Å²) in [6.07, 6.45) is -0.813. The van der Waals surface area contributed by atoms with Crippen LogP contribution in [0.25, 0.3) is 0 Å². The van der Waals surface area contributed by atoms with Gasteiger partial charge in [0.2, 0.25) is 5.91 Å². The van der Waals surface area contributed by atoms with E-state index in [9.17, 15) is 18.0 Å². The van der Waals surface area contributed by atoms with Crippen molar-refractivity contribution in [3.63, 3.8) is 0 Å². The van der Waals surface area contributed by atoms with Crippen LogP contribution in [0.2, 0.25) is 0 Å². The molecule has 1 unspecified atom stereocenters. The smallest absolute Gasteiger partial charge is 0.328 e. The van der Waals surface area contributed by atoms with E-state index >= 15 is 0 Å². The van der Waals surface area contributed by atoms with Gasteiger partial charge in [0.05, 0.1) is 0 Å². The molecule has 1 heterocycles. The summed E-state index contributed by atoms with van der Waals surface area (Å²) in [5.74, 6) is -0.566. The first-order chi connectivity index (χ1) is 8.42. The molecule has 104 valence electrons. The third-order valence-electron chi connectivity index (χ3n) is 4.32. The molecule has 1 amide bonds. The third-order valence-corrected chi connectivity index (χ3v) is 4.32. The van der Waals surface area contributed by atoms with Crippen molar-refractivity contribution in [3.8, 4) is 0 Å². The number of likely N-dealkylation sites (tertiary alicyclic amines) is 1. The molecule has 1 aliphatic carbocycles. The Bertz CT molecular complexity index is 326. The topological polar surface area (TPSA) is 46.3 Å². The molecule has 1 saturated carbocycles. The minimum atomic E-state index is -4.44. The first-order valence-electron chi connectivity index (χ1n) is 6.51. The number of halogens is 3. The summed E-state index contributed by atoms with van der Waals surface area (Å²) in [6.45, 7) is -0.346. The lowest BCUT2D eigenvalue weighted by atomic mass is 9.93. The fourth-order valence-electron chi connectivity index (χ4n) is 3.22. The van der Waals surface area contributed by atoms with Crippen LogP contribution in [0.4, 0.5) is 13.2 Å². The lowest BCUT2D eigenvalue weighted by molar-refractivity contribution is -0.221. The Hall–Kier alpha value is -0.780. The third kappa shape index (κ3) is 2.00. The molecule has 2 fully saturated rings. The van der Waals surface area contributed by atoms with Gasteiger partial charge in [-0.05, 0) is 25.7 Å². The second-order valence-corrected chi connectivity index (χ2v) is 5.31. The molecule has 0 aromatic heterocycles. The molecule has 1 aliphatic heterocycles. The quantitative estimate of drug-likeness (QED) is 0.829. The van der Waals surface area contributed by atoms with E-state index in [1.54, 1.807) is 0 Å². The van der Waals surface area contributed by atoms with Gasteiger partial charge in [0, 0.05) is 19.0 Å². The van der Waals surface area contributed by atoms with Crippen molar-refractivity contribution in [1.82, 2.24) is 4.90 Å². The zero-order chi connectivity index (χ0) is 13.4. The summed E-state index contributed by atoms with van der Waals surface area (Å²) >= 11 is 0. The average Bonchev–Trinajstić information content (AvgIpc) is 2.96. The summed E-state index contributed by atoms with van der Waals surface area (Å²) < 4.78 is 39.7. The molecule has 1 saturated heterocycles. The number of carbonyl (C=O) groups is 1. The van der Waals surface area contributed by atoms with Crippen LogP contribution < -0.4 is 5.73 Å². The van der Waals surface area contributed by atoms with Gasteiger partial charge in [-0.3, -0.25) is 4.79 Å². The van der Waals surface area contributed by atoms with E-state index in [-0.39, 0.29) is 24.8 Å². The number of hydrogen-bond acceptors (Lipinski definition) is 2. The van der Waals surface area contributed by atoms with Gasteiger partial charge < -0.3 is 10.6 Å². The second-order valence-electron chi connectivity index (χ2n) is 5.31. The monoisotopic (exact) mass is 264 g/mol. The number of rotatable bonds is 2. The van der Waals surface area contributed by atoms with E-state index < -0.39 is 18.3 Å². The number of amides is 1. The first kappa shape index (κ1) is 13.6. The van der Waals surface area contributed by atoms with Gasteiger partial charge in [-0.25, -0.2) is 0 Å². The molecule has 1 atom stereocenters. The maximum Gasteiger partial charge on any atom is 0.412 e. The Labute approximate surface area is 104 Å². The molecule has 0 spiro atoms. The van der Waals surface area contributed by atoms with Crippen molar-refractivity contribution in [2.45, 2.75) is 50.2 Å². The van der Waals surface area contributed by atoms with Crippen LogP contribution in [0.5, 0.6) is 0 Å². The number of alkyl halides is 3. The second kappa shape index (κ2) is 4.72. The van der Waals surface area contributed by atoms with Crippen LogP contribution in [-0.2, 0) is 4.79 Å². The minimum absolute atomic E-state index is 0.0640. The highest BCUT2D eigenvalue weighted by Gasteiger charge is 2.61. The summed E-state index contributed by atoms with van der Waals surface area (Å²) in [7, 11) is 0. The Kier molecular flexibility index (Phi) is 3.58. The van der Waals surface area contributed by atoms with Crippen molar-refractivity contribution >= 4 is 5.91 Å². The van der Waals surface area contributed by atoms with E-state index in [0.717, 1.165) is 17.7 Å². The molecular weight excluding hydrogens is 245 g/mol. The van der Waals surface area contributed by atoms with Crippen LogP contribution in [0.1, 0.15) is 38.5 Å². The molecular formula is C12H19F3N2O. The Morgan fingerprint density at radius 1 is 1.28 bits per heavy atom. The Morgan fingerprint density at radius 3 is 2.39 bits per heavy atom. The fraction of sp³-hybridized carbons (Fsp3) is 0.917. The average molecular weight is 264 g/mol. The van der Waals surface area contributed by atoms with E-state index in [1.807, 2.05) is 0 Å². The summed E-state index contributed by atoms with van der Waals surface area (Å²) in [5.41, 5.74) is 3.25. The number of carbonyl (C=O) groups excluding carboxylic acids is 1. The lowest BCUT2D eigenvalue weighted by Gasteiger charge is -2.40. The van der Waals surface area contributed by atoms with Crippen molar-refractivity contribution in [2.24, 2.45) is 11.7 Å². The summed E-state index contributed by atoms with van der Waals surface area (Å²) in [4.78, 5) is 13.3. The van der Waals surface area contributed by atoms with E-state index in [4.69, 9.17) is 5.73 Å². The SMILES string of the molecule is NCC1(C(F)(F)F)CCCN1C(=O)C1CCCC1. The standard InChI is InChI=1S/C12H19F3N2O/c13-12(14,15)11(8-16)6-3-7-17(11)10(18)9-4-1-2-5-9/h9H,1-8,16H2. The fourth-order valence-corrected chi connectivity index (χ4v) is 3.22. The maximum absolute atomic E-state index is 13.2. The molecule has 2 aliphatic rings. The molecule has 2 N–H and O–H groups in total. The van der Waals surface area contributed by atoms with Crippen LogP contribution in [-0.4, -0.2) is 35.6 Å². The molecule has 0 bridgehead atoms. The van der Waals surface area contributed by atoms with Crippen molar-refractivity contribution in [2.75, 3.05) is 13.1 Å². The summed E-state index contributed by atoms with van der Waals surface area (Å²) in [5, 5.41) is 0. The molecule has 18 heavy (non-hydrogen) atoms. The van der Waals surface area contributed by atoms with E-state index in [2.05, 4.69) is 0 Å². The van der Waals surface area contributed by atoms with Crippen LogP contribution in [0.15, 0.2) is 0 Å². The van der Waals surface area contributed by atoms with Gasteiger partial charge in [-0.2, -0.15) is 13.2 Å². The van der Waals surface area contributed by atoms with Gasteiger partial charge in [0.25, 0.3) is 0 Å². The van der Waals surface area contributed by atoms with Crippen molar-refractivity contribution in [3.05, 3.63) is 0 Å². The molecule has 2 rings (SSSR count). The van der Waals surface area contributed by atoms with Crippen LogP contribution >= 0.6 is 0 Å². The Morgan fingerprint density at radius 2 is 1.89 bits per heavy atom. The van der Waals surface area contributed by atoms with Crippen LogP contribution in [0, 0.1) is 5.92 Å². The minimum Gasteiger partial charge on any atom is -0.328 e. The maximum atomic E-state index is 13.2. The number of nitrogens with zero attached hydrogens (tertiary/aromatic N) is 1. The summed E-state index contributed by atoms with van der Waals surface area (Å²) in [6, 6.07) is 0. The van der Waals surface area contributed by atoms with Gasteiger partial charge in [-0.1, -0.05) is 12.8 Å². The molecule has 0 aromatic rings. The normalized spacial score (nSPS) is 30.1. The molecule has 0 aromatic carbocycles. The predicted molar refractivity (Wildman–Crippen MR) is 60.7 cm³/mol. The lowest BCUT2D eigenvalue weighted by Crippen LogP contribution is -2.62. The highest BCUT2D eigenvalue weighted by atomic mass is 19.4.